The van der Waals surface area contributed by atoms with Gasteiger partial charge in [0.1, 0.15) is 6.10 Å². The second-order valence-corrected chi connectivity index (χ2v) is 6.32. The molecule has 2 unspecified atom stereocenters. The van der Waals surface area contributed by atoms with Gasteiger partial charge in [0.05, 0.1) is 19.1 Å². The number of ether oxygens (including phenoxy) is 2. The number of guanidine groups is 1. The predicted octanol–water partition coefficient (Wildman–Crippen LogP) is 2.44. The number of benzene rings is 1. The normalized spacial score (nSPS) is 19.0. The molecule has 1 aliphatic rings. The molecule has 6 nitrogen and oxygen atoms in total. The fraction of sp³-hybridized carbons (Fsp3) is 0.579. The molecule has 7 heteroatoms. The van der Waals surface area contributed by atoms with E-state index >= 15 is 0 Å². The van der Waals surface area contributed by atoms with Crippen LogP contribution in [0.4, 0.5) is 4.39 Å². The van der Waals surface area contributed by atoms with Crippen molar-refractivity contribution in [3.63, 3.8) is 0 Å². The van der Waals surface area contributed by atoms with Crippen LogP contribution in [0.3, 0.4) is 0 Å². The van der Waals surface area contributed by atoms with Gasteiger partial charge in [0.2, 0.25) is 0 Å². The highest BCUT2D eigenvalue weighted by molar-refractivity contribution is 5.81. The van der Waals surface area contributed by atoms with Crippen molar-refractivity contribution in [3.05, 3.63) is 30.1 Å². The van der Waals surface area contributed by atoms with E-state index in [1.165, 1.54) is 6.07 Å². The summed E-state index contributed by atoms with van der Waals surface area (Å²) in [7, 11) is 1.71. The van der Waals surface area contributed by atoms with Gasteiger partial charge in [0, 0.05) is 20.1 Å². The Kier molecular flexibility index (Phi) is 7.69. The van der Waals surface area contributed by atoms with E-state index < -0.39 is 0 Å². The van der Waals surface area contributed by atoms with Crippen LogP contribution in [0, 0.1) is 11.7 Å². The summed E-state index contributed by atoms with van der Waals surface area (Å²) in [6.45, 7) is 5.97. The Morgan fingerprint density at radius 3 is 2.92 bits per heavy atom. The lowest BCUT2D eigenvalue weighted by atomic mass is 9.98. The minimum atomic E-state index is -0.378. The number of piperidine rings is 1. The van der Waals surface area contributed by atoms with E-state index in [4.69, 9.17) is 9.47 Å². The second-order valence-electron chi connectivity index (χ2n) is 6.32. The SMILES string of the molecule is CCOC(=O)C1CCCN(C(=NC)NCC(C)Oc2ccccc2F)C1. The highest BCUT2D eigenvalue weighted by Crippen LogP contribution is 2.19. The van der Waals surface area contributed by atoms with Gasteiger partial charge in [-0.3, -0.25) is 9.79 Å². The first-order valence-electron chi connectivity index (χ1n) is 9.08. The Hall–Kier alpha value is -2.31. The summed E-state index contributed by atoms with van der Waals surface area (Å²) in [6, 6.07) is 6.34. The molecule has 144 valence electrons. The fourth-order valence-electron chi connectivity index (χ4n) is 2.99. The quantitative estimate of drug-likeness (QED) is 0.477. The molecule has 0 spiro atoms. The Morgan fingerprint density at radius 1 is 1.46 bits per heavy atom. The lowest BCUT2D eigenvalue weighted by molar-refractivity contribution is -0.149. The summed E-state index contributed by atoms with van der Waals surface area (Å²) in [5.41, 5.74) is 0. The van der Waals surface area contributed by atoms with Gasteiger partial charge in [-0.05, 0) is 38.8 Å². The number of aliphatic imine (C=N–C) groups is 1. The fourth-order valence-corrected chi connectivity index (χ4v) is 2.99. The first kappa shape index (κ1) is 20.0. The number of nitrogens with zero attached hydrogens (tertiary/aromatic N) is 2. The third kappa shape index (κ3) is 5.61. The number of carbonyl (C=O) groups excluding carboxylic acids is 1. The van der Waals surface area contributed by atoms with Gasteiger partial charge in [-0.2, -0.15) is 0 Å². The van der Waals surface area contributed by atoms with E-state index in [0.717, 1.165) is 19.4 Å². The summed E-state index contributed by atoms with van der Waals surface area (Å²) in [6.07, 6.45) is 1.50. The average Bonchev–Trinajstić information content (AvgIpc) is 2.64. The van der Waals surface area contributed by atoms with Crippen LogP contribution in [-0.4, -0.2) is 56.2 Å². The maximum absolute atomic E-state index is 13.7. The zero-order valence-electron chi connectivity index (χ0n) is 15.7. The lowest BCUT2D eigenvalue weighted by Crippen LogP contribution is -2.49. The highest BCUT2D eigenvalue weighted by atomic mass is 19.1. The molecular weight excluding hydrogens is 337 g/mol. The first-order chi connectivity index (χ1) is 12.5. The van der Waals surface area contributed by atoms with Gasteiger partial charge in [-0.15, -0.1) is 0 Å². The summed E-state index contributed by atoms with van der Waals surface area (Å²) in [5.74, 6) is 0.287. The van der Waals surface area contributed by atoms with Crippen molar-refractivity contribution in [2.24, 2.45) is 10.9 Å². The number of esters is 1. The molecule has 0 radical (unpaired) electrons. The zero-order valence-corrected chi connectivity index (χ0v) is 15.7. The van der Waals surface area contributed by atoms with Gasteiger partial charge in [0.25, 0.3) is 0 Å². The summed E-state index contributed by atoms with van der Waals surface area (Å²) in [4.78, 5) is 18.3. The standard InChI is InChI=1S/C19H28FN3O3/c1-4-25-18(24)15-8-7-11-23(13-15)19(21-3)22-12-14(2)26-17-10-6-5-9-16(17)20/h5-6,9-10,14-15H,4,7-8,11-13H2,1-3H3,(H,21,22). The van der Waals surface area contributed by atoms with Gasteiger partial charge < -0.3 is 19.7 Å². The van der Waals surface area contributed by atoms with Gasteiger partial charge in [-0.1, -0.05) is 12.1 Å². The van der Waals surface area contributed by atoms with Crippen molar-refractivity contribution in [1.29, 1.82) is 0 Å². The topological polar surface area (TPSA) is 63.2 Å². The Labute approximate surface area is 154 Å². The summed E-state index contributed by atoms with van der Waals surface area (Å²) in [5, 5.41) is 3.25. The maximum Gasteiger partial charge on any atom is 0.310 e. The van der Waals surface area contributed by atoms with Gasteiger partial charge in [0.15, 0.2) is 17.5 Å². The van der Waals surface area contributed by atoms with E-state index in [0.29, 0.717) is 25.7 Å². The van der Waals surface area contributed by atoms with E-state index in [2.05, 4.69) is 15.2 Å². The molecule has 26 heavy (non-hydrogen) atoms. The van der Waals surface area contributed by atoms with E-state index in [1.807, 2.05) is 13.8 Å². The van der Waals surface area contributed by atoms with Gasteiger partial charge in [-0.25, -0.2) is 4.39 Å². The van der Waals surface area contributed by atoms with E-state index in [-0.39, 0.29) is 29.6 Å². The van der Waals surface area contributed by atoms with Crippen LogP contribution >= 0.6 is 0 Å². The van der Waals surface area contributed by atoms with Crippen molar-refractivity contribution in [1.82, 2.24) is 10.2 Å². The smallest absolute Gasteiger partial charge is 0.310 e. The monoisotopic (exact) mass is 365 g/mol. The first-order valence-corrected chi connectivity index (χ1v) is 9.08. The molecule has 2 rings (SSSR count). The summed E-state index contributed by atoms with van der Waals surface area (Å²) < 4.78 is 24.4. The van der Waals surface area contributed by atoms with Crippen LogP contribution in [0.25, 0.3) is 0 Å². The number of likely N-dealkylation sites (tertiary alicyclic amines) is 1. The van der Waals surface area contributed by atoms with Crippen LogP contribution in [0.2, 0.25) is 0 Å². The number of para-hydroxylation sites is 1. The minimum absolute atomic E-state index is 0.130. The third-order valence-electron chi connectivity index (χ3n) is 4.27. The number of hydrogen-bond donors (Lipinski definition) is 1. The van der Waals surface area contributed by atoms with E-state index in [9.17, 15) is 9.18 Å². The van der Waals surface area contributed by atoms with Crippen LogP contribution in [0.5, 0.6) is 5.75 Å². The van der Waals surface area contributed by atoms with Crippen molar-refractivity contribution >= 4 is 11.9 Å². The maximum atomic E-state index is 13.7. The highest BCUT2D eigenvalue weighted by Gasteiger charge is 2.28. The van der Waals surface area contributed by atoms with Crippen LogP contribution < -0.4 is 10.1 Å². The molecule has 0 aromatic heterocycles. The number of carbonyl (C=O) groups is 1. The molecule has 1 aliphatic heterocycles. The molecule has 0 aliphatic carbocycles. The second kappa shape index (κ2) is 9.99. The average molecular weight is 365 g/mol. The van der Waals surface area contributed by atoms with Crippen molar-refractivity contribution in [2.45, 2.75) is 32.8 Å². The largest absolute Gasteiger partial charge is 0.486 e. The molecule has 1 saturated heterocycles. The number of halogens is 1. The minimum Gasteiger partial charge on any atom is -0.486 e. The predicted molar refractivity (Wildman–Crippen MR) is 98.8 cm³/mol. The Bertz CT molecular complexity index is 624. The van der Waals surface area contributed by atoms with E-state index in [1.54, 1.807) is 25.2 Å². The van der Waals surface area contributed by atoms with Crippen molar-refractivity contribution < 1.29 is 18.7 Å². The third-order valence-corrected chi connectivity index (χ3v) is 4.27. The molecule has 1 aromatic carbocycles. The summed E-state index contributed by atoms with van der Waals surface area (Å²) >= 11 is 0. The van der Waals surface area contributed by atoms with Crippen LogP contribution in [0.1, 0.15) is 26.7 Å². The Morgan fingerprint density at radius 2 is 2.23 bits per heavy atom. The van der Waals surface area contributed by atoms with Crippen molar-refractivity contribution in [2.75, 3.05) is 33.3 Å². The number of hydrogen-bond acceptors (Lipinski definition) is 4. The van der Waals surface area contributed by atoms with Crippen molar-refractivity contribution in [3.8, 4) is 5.75 Å². The molecular formula is C19H28FN3O3. The van der Waals surface area contributed by atoms with Crippen LogP contribution in [-0.2, 0) is 9.53 Å². The number of nitrogens with one attached hydrogen (secondary N) is 1. The van der Waals surface area contributed by atoms with Crippen LogP contribution in [0.15, 0.2) is 29.3 Å². The molecule has 2 atom stereocenters. The molecule has 0 bridgehead atoms. The molecule has 1 fully saturated rings. The molecule has 1 heterocycles. The molecule has 1 N–H and O–H groups in total. The zero-order chi connectivity index (χ0) is 18.9. The lowest BCUT2D eigenvalue weighted by Gasteiger charge is -2.34. The number of rotatable bonds is 6. The Balaban J connectivity index is 1.86. The molecule has 0 saturated carbocycles. The van der Waals surface area contributed by atoms with Gasteiger partial charge >= 0.3 is 5.97 Å². The molecule has 0 amide bonds. The molecule has 1 aromatic rings.